The Hall–Kier alpha value is -3.17. The van der Waals surface area contributed by atoms with Gasteiger partial charge in [-0.1, -0.05) is 31.2 Å². The highest BCUT2D eigenvalue weighted by Crippen LogP contribution is 2.16. The molecule has 0 unspecified atom stereocenters. The van der Waals surface area contributed by atoms with E-state index in [2.05, 4.69) is 39.8 Å². The molecule has 34 heavy (non-hydrogen) atoms. The Balaban J connectivity index is 1.72. The second-order valence-electron chi connectivity index (χ2n) is 8.83. The number of amides is 1. The van der Waals surface area contributed by atoms with E-state index >= 15 is 0 Å². The molecule has 0 bridgehead atoms. The minimum Gasteiger partial charge on any atom is -0.390 e. The molecule has 2 aromatic carbocycles. The predicted molar refractivity (Wildman–Crippen MR) is 125 cm³/mol. The van der Waals surface area contributed by atoms with Crippen molar-refractivity contribution in [1.82, 2.24) is 25.4 Å². The summed E-state index contributed by atoms with van der Waals surface area (Å²) >= 11 is 0. The van der Waals surface area contributed by atoms with E-state index in [1.54, 1.807) is 13.8 Å². The summed E-state index contributed by atoms with van der Waals surface area (Å²) in [6, 6.07) is 10.5. The number of hydrogen-bond acceptors (Lipinski definition) is 5. The Morgan fingerprint density at radius 1 is 1.12 bits per heavy atom. The van der Waals surface area contributed by atoms with Gasteiger partial charge in [0, 0.05) is 19.2 Å². The van der Waals surface area contributed by atoms with Crippen molar-refractivity contribution in [2.75, 3.05) is 6.54 Å². The highest BCUT2D eigenvalue weighted by molar-refractivity contribution is 5.83. The molecule has 0 aliphatic rings. The number of benzene rings is 2. The number of hydrogen-bond donors (Lipinski definition) is 3. The quantitative estimate of drug-likeness (QED) is 0.400. The van der Waals surface area contributed by atoms with E-state index in [9.17, 15) is 18.7 Å². The van der Waals surface area contributed by atoms with Crippen LogP contribution in [0.5, 0.6) is 0 Å². The zero-order valence-electron chi connectivity index (χ0n) is 19.6. The van der Waals surface area contributed by atoms with Crippen LogP contribution in [0.4, 0.5) is 8.78 Å². The van der Waals surface area contributed by atoms with Gasteiger partial charge in [-0.05, 0) is 55.5 Å². The van der Waals surface area contributed by atoms with Gasteiger partial charge in [-0.2, -0.15) is 5.10 Å². The van der Waals surface area contributed by atoms with Crippen LogP contribution in [0.2, 0.25) is 0 Å². The van der Waals surface area contributed by atoms with Crippen LogP contribution < -0.4 is 10.6 Å². The van der Waals surface area contributed by atoms with Gasteiger partial charge in [-0.3, -0.25) is 4.79 Å². The van der Waals surface area contributed by atoms with E-state index in [-0.39, 0.29) is 13.0 Å². The van der Waals surface area contributed by atoms with Crippen LogP contribution in [-0.2, 0) is 29.7 Å². The molecule has 0 aliphatic carbocycles. The van der Waals surface area contributed by atoms with Gasteiger partial charge in [0.25, 0.3) is 0 Å². The lowest BCUT2D eigenvalue weighted by molar-refractivity contribution is -0.130. The van der Waals surface area contributed by atoms with Gasteiger partial charge in [0.15, 0.2) is 0 Å². The maximum absolute atomic E-state index is 13.7. The predicted octanol–water partition coefficient (Wildman–Crippen LogP) is 2.73. The smallest absolute Gasteiger partial charge is 0.247 e. The highest BCUT2D eigenvalue weighted by Gasteiger charge is 2.34. The van der Waals surface area contributed by atoms with Crippen molar-refractivity contribution < 1.29 is 18.7 Å². The van der Waals surface area contributed by atoms with E-state index in [0.717, 1.165) is 18.1 Å². The van der Waals surface area contributed by atoms with Crippen LogP contribution in [0.15, 0.2) is 55.1 Å². The lowest BCUT2D eigenvalue weighted by Gasteiger charge is -2.30. The van der Waals surface area contributed by atoms with Crippen LogP contribution in [0, 0.1) is 11.6 Å². The summed E-state index contributed by atoms with van der Waals surface area (Å²) in [5, 5.41) is 21.0. The molecule has 1 amide bonds. The first-order valence-corrected chi connectivity index (χ1v) is 11.3. The Labute approximate surface area is 198 Å². The number of aryl methyl sites for hydroxylation is 1. The zero-order chi connectivity index (χ0) is 24.7. The fourth-order valence-electron chi connectivity index (χ4n) is 3.68. The summed E-state index contributed by atoms with van der Waals surface area (Å²) in [5.41, 5.74) is 1.53. The summed E-state index contributed by atoms with van der Waals surface area (Å²) in [5.74, 6) is -1.84. The third kappa shape index (κ3) is 6.68. The Kier molecular flexibility index (Phi) is 8.46. The average Bonchev–Trinajstić information content (AvgIpc) is 3.34. The van der Waals surface area contributed by atoms with Gasteiger partial charge in [0.05, 0.1) is 12.1 Å². The normalized spacial score (nSPS) is 13.5. The average molecular weight is 472 g/mol. The third-order valence-corrected chi connectivity index (χ3v) is 5.79. The molecule has 1 heterocycles. The Bertz CT molecular complexity index is 1070. The number of aliphatic hydroxyl groups is 1. The number of nitrogens with one attached hydrogen (secondary N) is 2. The molecule has 0 saturated heterocycles. The maximum Gasteiger partial charge on any atom is 0.247 e. The van der Waals surface area contributed by atoms with Gasteiger partial charge in [-0.25, -0.2) is 18.4 Å². The number of carbonyl (C=O) groups is 1. The molecular formula is C25H31F2N5O2. The Morgan fingerprint density at radius 3 is 2.47 bits per heavy atom. The molecule has 9 heteroatoms. The first-order chi connectivity index (χ1) is 16.2. The zero-order valence-corrected chi connectivity index (χ0v) is 19.6. The number of carbonyl (C=O) groups excluding carboxylic acids is 1. The van der Waals surface area contributed by atoms with Crippen molar-refractivity contribution in [3.63, 3.8) is 0 Å². The lowest BCUT2D eigenvalue weighted by atomic mass is 9.98. The number of halogens is 2. The van der Waals surface area contributed by atoms with Crippen molar-refractivity contribution in [1.29, 1.82) is 0 Å². The largest absolute Gasteiger partial charge is 0.390 e. The molecule has 0 aliphatic heterocycles. The number of nitrogens with zero attached hydrogens (tertiary/aromatic N) is 3. The van der Waals surface area contributed by atoms with Gasteiger partial charge in [0.1, 0.15) is 29.8 Å². The van der Waals surface area contributed by atoms with Crippen molar-refractivity contribution in [2.45, 2.75) is 57.8 Å². The fraction of sp³-hybridized carbons (Fsp3) is 0.400. The van der Waals surface area contributed by atoms with Gasteiger partial charge < -0.3 is 15.7 Å². The number of rotatable bonds is 11. The van der Waals surface area contributed by atoms with Crippen LogP contribution in [0.3, 0.4) is 0 Å². The molecule has 3 rings (SSSR count). The monoisotopic (exact) mass is 471 g/mol. The van der Waals surface area contributed by atoms with Crippen LogP contribution >= 0.6 is 0 Å². The van der Waals surface area contributed by atoms with Crippen molar-refractivity contribution in [3.05, 3.63) is 83.4 Å². The van der Waals surface area contributed by atoms with Crippen molar-refractivity contribution in [3.8, 4) is 0 Å². The van der Waals surface area contributed by atoms with Gasteiger partial charge in [-0.15, -0.1) is 0 Å². The minimum absolute atomic E-state index is 0.0437. The minimum atomic E-state index is -1.09. The van der Waals surface area contributed by atoms with Crippen LogP contribution in [0.25, 0.3) is 0 Å². The molecule has 7 nitrogen and oxygen atoms in total. The standard InChI is InChI=1S/C25H31F2N5O2/c1-4-17-6-5-7-18(8-17)13-28-14-23(33)22(11-19-9-20(26)12-21(27)10-19)31-24(34)25(2,3)32-16-29-15-30-32/h5-10,12,15-16,22-23,28,33H,4,11,13-14H2,1-3H3,(H,31,34)/t22-,23+/m0/s1. The third-order valence-electron chi connectivity index (χ3n) is 5.79. The van der Waals surface area contributed by atoms with Gasteiger partial charge >= 0.3 is 0 Å². The fourth-order valence-corrected chi connectivity index (χ4v) is 3.68. The highest BCUT2D eigenvalue weighted by atomic mass is 19.1. The summed E-state index contributed by atoms with van der Waals surface area (Å²) < 4.78 is 28.9. The summed E-state index contributed by atoms with van der Waals surface area (Å²) in [4.78, 5) is 17.0. The number of aliphatic hydroxyl groups excluding tert-OH is 1. The van der Waals surface area contributed by atoms with E-state index < -0.39 is 35.2 Å². The van der Waals surface area contributed by atoms with Crippen molar-refractivity contribution >= 4 is 5.91 Å². The summed E-state index contributed by atoms with van der Waals surface area (Å²) in [7, 11) is 0. The molecule has 3 N–H and O–H groups in total. The first-order valence-electron chi connectivity index (χ1n) is 11.3. The topological polar surface area (TPSA) is 92.1 Å². The van der Waals surface area contributed by atoms with E-state index in [1.807, 2.05) is 12.1 Å². The molecule has 182 valence electrons. The van der Waals surface area contributed by atoms with E-state index in [4.69, 9.17) is 0 Å². The van der Waals surface area contributed by atoms with E-state index in [1.165, 1.54) is 35.0 Å². The second-order valence-corrected chi connectivity index (χ2v) is 8.83. The van der Waals surface area contributed by atoms with Crippen LogP contribution in [0.1, 0.15) is 37.5 Å². The molecule has 3 aromatic rings. The van der Waals surface area contributed by atoms with E-state index in [0.29, 0.717) is 12.1 Å². The second kappa shape index (κ2) is 11.3. The molecule has 1 aromatic heterocycles. The molecular weight excluding hydrogens is 440 g/mol. The van der Waals surface area contributed by atoms with Crippen LogP contribution in [-0.4, -0.2) is 44.5 Å². The SMILES string of the molecule is CCc1cccc(CNC[C@@H](O)[C@H](Cc2cc(F)cc(F)c2)NC(=O)C(C)(C)n2cncn2)c1. The summed E-state index contributed by atoms with van der Waals surface area (Å²) in [6.07, 6.45) is 2.71. The lowest BCUT2D eigenvalue weighted by Crippen LogP contribution is -2.54. The molecule has 2 atom stereocenters. The summed E-state index contributed by atoms with van der Waals surface area (Å²) in [6.45, 7) is 6.12. The number of aromatic nitrogens is 3. The first kappa shape index (κ1) is 25.5. The van der Waals surface area contributed by atoms with Gasteiger partial charge in [0.2, 0.25) is 5.91 Å². The molecule has 0 saturated carbocycles. The molecule has 0 fully saturated rings. The van der Waals surface area contributed by atoms with Crippen molar-refractivity contribution in [2.24, 2.45) is 0 Å². The molecule has 0 radical (unpaired) electrons. The molecule has 0 spiro atoms. The Morgan fingerprint density at radius 2 is 1.82 bits per heavy atom. The maximum atomic E-state index is 13.7.